The van der Waals surface area contributed by atoms with E-state index >= 15 is 0 Å². The molecule has 662 valence electrons. The summed E-state index contributed by atoms with van der Waals surface area (Å²) in [4.78, 5) is 93.4. The van der Waals surface area contributed by atoms with Gasteiger partial charge < -0.3 is 49.6 Å². The molecule has 0 saturated carbocycles. The van der Waals surface area contributed by atoms with Crippen molar-refractivity contribution in [2.45, 2.75) is 516 Å². The zero-order valence-electron chi connectivity index (χ0n) is 73.9. The third-order valence-corrected chi connectivity index (χ3v) is 22.5. The molecule has 0 aliphatic heterocycles. The highest BCUT2D eigenvalue weighted by Crippen LogP contribution is 2.36. The van der Waals surface area contributed by atoms with E-state index in [0.717, 1.165) is 77.0 Å². The van der Waals surface area contributed by atoms with Gasteiger partial charge in [-0.2, -0.15) is 0 Å². The summed E-state index contributed by atoms with van der Waals surface area (Å²) >= 11 is 0. The molecule has 0 rings (SSSR count). The Bertz CT molecular complexity index is 1950. The largest absolute Gasteiger partial charge is 0.481 e. The number of carbonyl (C=O) groups is 8. The number of rotatable bonds is 83. The minimum Gasteiger partial charge on any atom is -0.481 e. The number of carbonyl (C=O) groups excluding carboxylic acids is 4. The highest BCUT2D eigenvalue weighted by Gasteiger charge is 2.44. The highest BCUT2D eigenvalue weighted by molar-refractivity contribution is 5.77. The van der Waals surface area contributed by atoms with Gasteiger partial charge in [0.25, 0.3) is 0 Å². The first kappa shape index (κ1) is 112. The van der Waals surface area contributed by atoms with Gasteiger partial charge in [0.05, 0.1) is 12.8 Å². The fraction of sp³-hybridized carbons (Fsp3) is 0.915. The van der Waals surface area contributed by atoms with Crippen LogP contribution in [-0.2, 0) is 57.3 Å². The zero-order valence-corrected chi connectivity index (χ0v) is 73.9. The van der Waals surface area contributed by atoms with Crippen LogP contribution < -0.4 is 0 Å². The Kier molecular flexibility index (Phi) is 80.3. The average Bonchev–Trinajstić information content (AvgIpc) is 0.830. The third kappa shape index (κ3) is 76.9. The lowest BCUT2D eigenvalue weighted by molar-refractivity contribution is -0.169. The van der Waals surface area contributed by atoms with Crippen LogP contribution in [0.15, 0.2) is 0 Å². The lowest BCUT2D eigenvalue weighted by atomic mass is 9.76. The van der Waals surface area contributed by atoms with E-state index in [1.807, 2.05) is 13.8 Å². The molecule has 6 N–H and O–H groups in total. The maximum atomic E-state index is 12.6. The summed E-state index contributed by atoms with van der Waals surface area (Å²) in [5.74, 6) is -6.16. The molecular formula is C94H178O18. The van der Waals surface area contributed by atoms with Gasteiger partial charge in [-0.25, -0.2) is 9.59 Å². The van der Waals surface area contributed by atoms with Crippen LogP contribution in [0, 0.1) is 10.8 Å². The second-order valence-corrected chi connectivity index (χ2v) is 33.9. The van der Waals surface area contributed by atoms with Crippen molar-refractivity contribution in [2.24, 2.45) is 10.8 Å². The summed E-state index contributed by atoms with van der Waals surface area (Å²) in [6.07, 6.45) is 76.5. The average molecular weight is 1600 g/mol. The van der Waals surface area contributed by atoms with Crippen LogP contribution in [0.3, 0.4) is 0 Å². The number of unbranched alkanes of at least 4 members (excludes halogenated alkanes) is 56. The molecule has 0 aliphatic carbocycles. The Hall–Kier alpha value is -4.32. The Morgan fingerprint density at radius 3 is 0.464 bits per heavy atom. The lowest BCUT2D eigenvalue weighted by Crippen LogP contribution is -2.45. The maximum absolute atomic E-state index is 12.6. The number of esters is 4. The number of ether oxygens (including phenoxy) is 4. The Labute approximate surface area is 685 Å². The summed E-state index contributed by atoms with van der Waals surface area (Å²) in [6.45, 7) is 14.9. The van der Waals surface area contributed by atoms with Crippen molar-refractivity contribution in [3.63, 3.8) is 0 Å². The quantitative estimate of drug-likeness (QED) is 0.0187. The van der Waals surface area contributed by atoms with Crippen molar-refractivity contribution in [2.75, 3.05) is 26.4 Å². The topological polar surface area (TPSA) is 295 Å². The first-order valence-corrected chi connectivity index (χ1v) is 46.8. The molecule has 0 aromatic rings. The number of hydrogen-bond donors (Lipinski definition) is 6. The summed E-state index contributed by atoms with van der Waals surface area (Å²) < 4.78 is 22.5. The summed E-state index contributed by atoms with van der Waals surface area (Å²) in [6, 6.07) is 0. The molecule has 0 aliphatic rings. The minimum absolute atomic E-state index is 0.0866. The SMILES string of the molecule is CCCCCCCCCCCCCCCCCC(=O)OCC(CC)(COC(=O)CCCCCCCCCCCCCCCCC)CC(C)(O)C(=O)O.CCCCCCCCCCCCCCCCCC(=O)OCC(CC)(COC(=O)CCCCCCCCCCCCCCCCC)CC(C)(O)C(=O)O.O=C(O)CCC(=O)O. The van der Waals surface area contributed by atoms with Crippen LogP contribution in [0.2, 0.25) is 0 Å². The van der Waals surface area contributed by atoms with Crippen molar-refractivity contribution in [3.05, 3.63) is 0 Å². The van der Waals surface area contributed by atoms with Gasteiger partial charge in [0.15, 0.2) is 11.2 Å². The van der Waals surface area contributed by atoms with Gasteiger partial charge in [0.2, 0.25) is 0 Å². The van der Waals surface area contributed by atoms with E-state index < -0.39 is 45.9 Å². The van der Waals surface area contributed by atoms with Crippen molar-refractivity contribution in [1.82, 2.24) is 0 Å². The molecule has 0 aromatic carbocycles. The standard InChI is InChI=1S/2C45H86O7.C4H6O4/c2*1-5-8-10-12-14-16-18-20-22-24-26-28-30-32-34-36-41(46)51-39-45(7-3,38-44(4,50)43(48)49)40-52-42(47)37-35-33-31-29-27-25-23-21-19-17-15-13-11-9-6-2;5-3(6)1-2-4(7)8/h2*50H,5-40H2,1-4H3,(H,48,49);1-2H2,(H,5,6)(H,7,8). The number of aliphatic carboxylic acids is 4. The molecule has 0 aromatic heterocycles. The highest BCUT2D eigenvalue weighted by atomic mass is 16.6. The van der Waals surface area contributed by atoms with Crippen LogP contribution in [0.5, 0.6) is 0 Å². The Morgan fingerprint density at radius 2 is 0.348 bits per heavy atom. The lowest BCUT2D eigenvalue weighted by Gasteiger charge is -2.36. The fourth-order valence-electron chi connectivity index (χ4n) is 14.6. The molecule has 0 fully saturated rings. The molecule has 0 amide bonds. The minimum atomic E-state index is -2.03. The maximum Gasteiger partial charge on any atom is 0.335 e. The third-order valence-electron chi connectivity index (χ3n) is 22.5. The van der Waals surface area contributed by atoms with Crippen LogP contribution in [0.4, 0.5) is 0 Å². The summed E-state index contributed by atoms with van der Waals surface area (Å²) in [7, 11) is 0. The van der Waals surface area contributed by atoms with Crippen LogP contribution in [0.1, 0.15) is 505 Å². The van der Waals surface area contributed by atoms with E-state index in [1.54, 1.807) is 0 Å². The van der Waals surface area contributed by atoms with Crippen LogP contribution in [-0.4, -0.2) is 116 Å². The molecule has 18 heteroatoms. The number of carboxylic acid groups (broad SMARTS) is 4. The van der Waals surface area contributed by atoms with Crippen LogP contribution >= 0.6 is 0 Å². The molecule has 0 radical (unpaired) electrons. The van der Waals surface area contributed by atoms with E-state index in [0.29, 0.717) is 38.5 Å². The predicted octanol–water partition coefficient (Wildman–Crippen LogP) is 26.4. The van der Waals surface area contributed by atoms with Gasteiger partial charge in [-0.15, -0.1) is 0 Å². The number of hydrogen-bond acceptors (Lipinski definition) is 14. The summed E-state index contributed by atoms with van der Waals surface area (Å²) in [5.41, 5.74) is -6.01. The number of aliphatic hydroxyl groups is 2. The van der Waals surface area contributed by atoms with Crippen molar-refractivity contribution in [1.29, 1.82) is 0 Å². The fourth-order valence-corrected chi connectivity index (χ4v) is 14.6. The predicted molar refractivity (Wildman–Crippen MR) is 458 cm³/mol. The monoisotopic (exact) mass is 1600 g/mol. The number of carboxylic acids is 4. The molecule has 0 spiro atoms. The van der Waals surface area contributed by atoms with Gasteiger partial charge in [-0.1, -0.05) is 401 Å². The van der Waals surface area contributed by atoms with Gasteiger partial charge in [0.1, 0.15) is 26.4 Å². The molecule has 0 heterocycles. The molecule has 0 bridgehead atoms. The van der Waals surface area contributed by atoms with Crippen molar-refractivity contribution in [3.8, 4) is 0 Å². The molecule has 18 nitrogen and oxygen atoms in total. The Morgan fingerprint density at radius 1 is 0.214 bits per heavy atom. The van der Waals surface area contributed by atoms with E-state index in [9.17, 15) is 58.8 Å². The second-order valence-electron chi connectivity index (χ2n) is 33.9. The van der Waals surface area contributed by atoms with Crippen molar-refractivity contribution >= 4 is 47.8 Å². The molecular weight excluding hydrogens is 1420 g/mol. The first-order chi connectivity index (χ1) is 53.9. The molecule has 2 unspecified atom stereocenters. The Balaban J connectivity index is -0.00000193. The van der Waals surface area contributed by atoms with E-state index in [4.69, 9.17) is 29.2 Å². The van der Waals surface area contributed by atoms with Gasteiger partial charge in [-0.3, -0.25) is 28.8 Å². The van der Waals surface area contributed by atoms with Gasteiger partial charge >= 0.3 is 47.8 Å². The van der Waals surface area contributed by atoms with E-state index in [-0.39, 0.29) is 76.0 Å². The molecule has 2 atom stereocenters. The van der Waals surface area contributed by atoms with E-state index in [1.165, 1.54) is 322 Å². The smallest absolute Gasteiger partial charge is 0.335 e. The van der Waals surface area contributed by atoms with Crippen molar-refractivity contribution < 1.29 is 87.9 Å². The van der Waals surface area contributed by atoms with Gasteiger partial charge in [-0.05, 0) is 65.2 Å². The van der Waals surface area contributed by atoms with E-state index in [2.05, 4.69) is 27.7 Å². The zero-order chi connectivity index (χ0) is 83.8. The first-order valence-electron chi connectivity index (χ1n) is 46.8. The second kappa shape index (κ2) is 80.5. The normalized spacial score (nSPS) is 12.6. The van der Waals surface area contributed by atoms with Gasteiger partial charge in [0, 0.05) is 36.5 Å². The molecule has 0 saturated heterocycles. The molecule has 112 heavy (non-hydrogen) atoms. The van der Waals surface area contributed by atoms with Crippen LogP contribution in [0.25, 0.3) is 0 Å². The summed E-state index contributed by atoms with van der Waals surface area (Å²) in [5, 5.41) is 56.2.